The maximum atomic E-state index is 12.3. The van der Waals surface area contributed by atoms with Gasteiger partial charge in [-0.25, -0.2) is 4.98 Å². The van der Waals surface area contributed by atoms with Crippen LogP contribution in [0.15, 0.2) is 40.2 Å². The van der Waals surface area contributed by atoms with E-state index in [4.69, 9.17) is 16.0 Å². The molecule has 0 radical (unpaired) electrons. The van der Waals surface area contributed by atoms with Gasteiger partial charge in [-0.15, -0.1) is 10.2 Å². The van der Waals surface area contributed by atoms with E-state index in [0.717, 1.165) is 11.3 Å². The zero-order valence-electron chi connectivity index (χ0n) is 13.9. The Hall–Kier alpha value is -2.32. The number of nitrogens with one attached hydrogen (secondary N) is 1. The van der Waals surface area contributed by atoms with Gasteiger partial charge < -0.3 is 14.3 Å². The van der Waals surface area contributed by atoms with Crippen molar-refractivity contribution in [1.29, 1.82) is 0 Å². The van der Waals surface area contributed by atoms with E-state index in [1.807, 2.05) is 24.6 Å². The summed E-state index contributed by atoms with van der Waals surface area (Å²) in [6.07, 6.45) is 3.10. The van der Waals surface area contributed by atoms with Crippen LogP contribution in [-0.2, 0) is 11.8 Å². The molecule has 3 heterocycles. The van der Waals surface area contributed by atoms with E-state index >= 15 is 0 Å². The molecule has 0 unspecified atom stereocenters. The zero-order valence-corrected chi connectivity index (χ0v) is 15.4. The number of hydrogen-bond acceptors (Lipinski definition) is 6. The van der Waals surface area contributed by atoms with Gasteiger partial charge in [0, 0.05) is 13.2 Å². The molecule has 0 fully saturated rings. The summed E-state index contributed by atoms with van der Waals surface area (Å²) < 4.78 is 7.15. The average Bonchev–Trinajstić information content (AvgIpc) is 3.16. The van der Waals surface area contributed by atoms with E-state index in [9.17, 15) is 4.79 Å². The molecule has 25 heavy (non-hydrogen) atoms. The molecule has 1 atom stereocenters. The fourth-order valence-electron chi connectivity index (χ4n) is 2.16. The third-order valence-electron chi connectivity index (χ3n) is 3.56. The summed E-state index contributed by atoms with van der Waals surface area (Å²) in [4.78, 5) is 16.4. The predicted molar refractivity (Wildman–Crippen MR) is 96.6 cm³/mol. The first-order valence-corrected chi connectivity index (χ1v) is 8.74. The molecule has 3 aromatic heterocycles. The Morgan fingerprint density at radius 1 is 1.36 bits per heavy atom. The Kier molecular flexibility index (Phi) is 5.10. The fourth-order valence-corrected chi connectivity index (χ4v) is 3.08. The van der Waals surface area contributed by atoms with Gasteiger partial charge in [0.1, 0.15) is 11.6 Å². The lowest BCUT2D eigenvalue weighted by Gasteiger charge is -2.11. The molecule has 0 saturated heterocycles. The standard InChI is InChI=1S/C16H16ClN5O2S/c1-9-12(6-7-24-9)14-20-21-16(22(14)3)25-10(2)15(23)19-13-5-4-11(17)8-18-13/h4-8,10H,1-3H3,(H,18,19,23)/t10-/m0/s1. The van der Waals surface area contributed by atoms with Crippen molar-refractivity contribution in [2.45, 2.75) is 24.3 Å². The maximum Gasteiger partial charge on any atom is 0.238 e. The highest BCUT2D eigenvalue weighted by Crippen LogP contribution is 2.28. The van der Waals surface area contributed by atoms with Crippen molar-refractivity contribution >= 4 is 35.1 Å². The first kappa shape index (κ1) is 17.5. The number of pyridine rings is 1. The number of aryl methyl sites for hydroxylation is 1. The average molecular weight is 378 g/mol. The van der Waals surface area contributed by atoms with E-state index in [0.29, 0.717) is 21.8 Å². The highest BCUT2D eigenvalue weighted by atomic mass is 35.5. The van der Waals surface area contributed by atoms with Crippen molar-refractivity contribution in [3.63, 3.8) is 0 Å². The maximum absolute atomic E-state index is 12.3. The largest absolute Gasteiger partial charge is 0.469 e. The first-order chi connectivity index (χ1) is 12.0. The van der Waals surface area contributed by atoms with E-state index in [1.165, 1.54) is 18.0 Å². The van der Waals surface area contributed by atoms with Gasteiger partial charge in [0.25, 0.3) is 0 Å². The second-order valence-electron chi connectivity index (χ2n) is 5.37. The number of nitrogens with zero attached hydrogens (tertiary/aromatic N) is 4. The van der Waals surface area contributed by atoms with Crippen LogP contribution in [0.2, 0.25) is 5.02 Å². The smallest absolute Gasteiger partial charge is 0.238 e. The van der Waals surface area contributed by atoms with E-state index in [1.54, 1.807) is 25.3 Å². The number of carbonyl (C=O) groups is 1. The van der Waals surface area contributed by atoms with Crippen molar-refractivity contribution in [1.82, 2.24) is 19.7 Å². The summed E-state index contributed by atoms with van der Waals surface area (Å²) in [6.45, 7) is 3.67. The van der Waals surface area contributed by atoms with Crippen LogP contribution in [0.3, 0.4) is 0 Å². The van der Waals surface area contributed by atoms with Gasteiger partial charge in [-0.05, 0) is 32.0 Å². The number of amides is 1. The molecule has 0 aromatic carbocycles. The predicted octanol–water partition coefficient (Wildman–Crippen LogP) is 3.55. The van der Waals surface area contributed by atoms with Crippen LogP contribution in [0.5, 0.6) is 0 Å². The Morgan fingerprint density at radius 3 is 2.80 bits per heavy atom. The number of thioether (sulfide) groups is 1. The lowest BCUT2D eigenvalue weighted by molar-refractivity contribution is -0.115. The van der Waals surface area contributed by atoms with Gasteiger partial charge in [-0.2, -0.15) is 0 Å². The molecule has 3 aromatic rings. The normalized spacial score (nSPS) is 12.2. The van der Waals surface area contributed by atoms with Crippen LogP contribution in [0.25, 0.3) is 11.4 Å². The van der Waals surface area contributed by atoms with Crippen molar-refractivity contribution in [3.05, 3.63) is 41.4 Å². The molecule has 3 rings (SSSR count). The molecule has 1 amide bonds. The molecule has 0 aliphatic rings. The second-order valence-corrected chi connectivity index (χ2v) is 7.11. The van der Waals surface area contributed by atoms with Gasteiger partial charge in [-0.3, -0.25) is 4.79 Å². The number of anilines is 1. The van der Waals surface area contributed by atoms with E-state index < -0.39 is 0 Å². The molecule has 0 aliphatic carbocycles. The zero-order chi connectivity index (χ0) is 18.0. The van der Waals surface area contributed by atoms with Crippen LogP contribution in [0.4, 0.5) is 5.82 Å². The van der Waals surface area contributed by atoms with Crippen molar-refractivity contribution < 1.29 is 9.21 Å². The Bertz CT molecular complexity index is 890. The molecule has 7 nitrogen and oxygen atoms in total. The summed E-state index contributed by atoms with van der Waals surface area (Å²) in [5, 5.41) is 11.9. The number of carbonyl (C=O) groups excluding carboxylic acids is 1. The van der Waals surface area contributed by atoms with E-state index in [-0.39, 0.29) is 11.2 Å². The number of halogens is 1. The molecule has 9 heteroatoms. The van der Waals surface area contributed by atoms with Crippen LogP contribution in [0, 0.1) is 6.92 Å². The fraction of sp³-hybridized carbons (Fsp3) is 0.250. The highest BCUT2D eigenvalue weighted by molar-refractivity contribution is 8.00. The Morgan fingerprint density at radius 2 is 2.16 bits per heavy atom. The summed E-state index contributed by atoms with van der Waals surface area (Å²) in [6, 6.07) is 5.17. The Balaban J connectivity index is 1.69. The SMILES string of the molecule is Cc1occc1-c1nnc(S[C@@H](C)C(=O)Nc2ccc(Cl)cn2)n1C. The van der Waals surface area contributed by atoms with Gasteiger partial charge in [0.2, 0.25) is 5.91 Å². The first-order valence-electron chi connectivity index (χ1n) is 7.48. The molecule has 0 aliphatic heterocycles. The summed E-state index contributed by atoms with van der Waals surface area (Å²) in [5.41, 5.74) is 0.879. The number of rotatable bonds is 5. The minimum absolute atomic E-state index is 0.177. The minimum atomic E-state index is -0.376. The quantitative estimate of drug-likeness (QED) is 0.684. The van der Waals surface area contributed by atoms with Gasteiger partial charge in [-0.1, -0.05) is 23.4 Å². The summed E-state index contributed by atoms with van der Waals surface area (Å²) >= 11 is 7.10. The lowest BCUT2D eigenvalue weighted by atomic mass is 10.2. The molecular weight excluding hydrogens is 362 g/mol. The number of hydrogen-bond donors (Lipinski definition) is 1. The van der Waals surface area contributed by atoms with Crippen molar-refractivity contribution in [2.24, 2.45) is 7.05 Å². The highest BCUT2D eigenvalue weighted by Gasteiger charge is 2.20. The summed E-state index contributed by atoms with van der Waals surface area (Å²) in [5.74, 6) is 1.74. The van der Waals surface area contributed by atoms with Crippen LogP contribution in [0.1, 0.15) is 12.7 Å². The van der Waals surface area contributed by atoms with Crippen molar-refractivity contribution in [2.75, 3.05) is 5.32 Å². The van der Waals surface area contributed by atoms with Gasteiger partial charge in [0.15, 0.2) is 11.0 Å². The van der Waals surface area contributed by atoms with Gasteiger partial charge >= 0.3 is 0 Å². The molecule has 0 spiro atoms. The van der Waals surface area contributed by atoms with Gasteiger partial charge in [0.05, 0.1) is 22.1 Å². The molecule has 0 saturated carbocycles. The van der Waals surface area contributed by atoms with Crippen LogP contribution in [-0.4, -0.2) is 30.9 Å². The van der Waals surface area contributed by atoms with E-state index in [2.05, 4.69) is 20.5 Å². The third kappa shape index (κ3) is 3.85. The monoisotopic (exact) mass is 377 g/mol. The molecular formula is C16H16ClN5O2S. The summed E-state index contributed by atoms with van der Waals surface area (Å²) in [7, 11) is 1.86. The number of aromatic nitrogens is 4. The lowest BCUT2D eigenvalue weighted by Crippen LogP contribution is -2.23. The Labute approximate surface area is 153 Å². The topological polar surface area (TPSA) is 85.8 Å². The van der Waals surface area contributed by atoms with Crippen molar-refractivity contribution in [3.8, 4) is 11.4 Å². The third-order valence-corrected chi connectivity index (χ3v) is 4.92. The molecule has 130 valence electrons. The van der Waals surface area contributed by atoms with Crippen LogP contribution < -0.4 is 5.32 Å². The molecule has 1 N–H and O–H groups in total. The minimum Gasteiger partial charge on any atom is -0.469 e. The van der Waals surface area contributed by atoms with Crippen LogP contribution >= 0.6 is 23.4 Å². The number of furan rings is 1. The second kappa shape index (κ2) is 7.28. The molecule has 0 bridgehead atoms.